The quantitative estimate of drug-likeness (QED) is 0.629. The first kappa shape index (κ1) is 13.6. The zero-order valence-corrected chi connectivity index (χ0v) is 11.6. The minimum absolute atomic E-state index is 0.119. The summed E-state index contributed by atoms with van der Waals surface area (Å²) in [7, 11) is 0. The Morgan fingerprint density at radius 3 is 3.00 bits per heavy atom. The molecule has 0 unspecified atom stereocenters. The largest absolute Gasteiger partial charge is 0.396 e. The van der Waals surface area contributed by atoms with Crippen LogP contribution in [0.1, 0.15) is 37.4 Å². The third-order valence-electron chi connectivity index (χ3n) is 3.18. The van der Waals surface area contributed by atoms with Crippen LogP contribution in [0.25, 0.3) is 0 Å². The molecule has 100 valence electrons. The number of thioether (sulfide) groups is 1. The van der Waals surface area contributed by atoms with Gasteiger partial charge in [-0.25, -0.2) is 4.79 Å². The van der Waals surface area contributed by atoms with Gasteiger partial charge in [0.25, 0.3) is 0 Å². The smallest absolute Gasteiger partial charge is 0.348 e. The van der Waals surface area contributed by atoms with E-state index in [1.54, 1.807) is 16.3 Å². The van der Waals surface area contributed by atoms with Crippen molar-refractivity contribution in [2.75, 3.05) is 12.4 Å². The fourth-order valence-electron chi connectivity index (χ4n) is 2.36. The summed E-state index contributed by atoms with van der Waals surface area (Å²) in [6, 6.07) is 0. The third-order valence-corrected chi connectivity index (χ3v) is 4.41. The van der Waals surface area contributed by atoms with Gasteiger partial charge in [-0.1, -0.05) is 6.92 Å². The monoisotopic (exact) mass is 268 g/mol. The van der Waals surface area contributed by atoms with Crippen LogP contribution < -0.4 is 5.69 Å². The van der Waals surface area contributed by atoms with Gasteiger partial charge in [-0.15, -0.1) is 11.8 Å². The lowest BCUT2D eigenvalue weighted by Crippen LogP contribution is -2.27. The molecule has 0 saturated carbocycles. The summed E-state index contributed by atoms with van der Waals surface area (Å²) >= 11 is 1.70. The van der Waals surface area contributed by atoms with Crippen LogP contribution in [0, 0.1) is 0 Å². The normalized spacial score (nSPS) is 13.9. The second-order valence-electron chi connectivity index (χ2n) is 4.56. The van der Waals surface area contributed by atoms with E-state index in [0.29, 0.717) is 13.0 Å². The second-order valence-corrected chi connectivity index (χ2v) is 5.64. The molecule has 1 aliphatic carbocycles. The molecule has 5 heteroatoms. The molecule has 0 aromatic carbocycles. The molecule has 0 aliphatic heterocycles. The first-order valence-electron chi connectivity index (χ1n) is 6.64. The molecule has 0 amide bonds. The molecular formula is C13H20N2O2S. The molecule has 0 saturated heterocycles. The molecule has 1 aromatic rings. The zero-order chi connectivity index (χ0) is 13.0. The Bertz CT molecular complexity index is 471. The summed E-state index contributed by atoms with van der Waals surface area (Å²) in [6.45, 7) is 2.84. The molecule has 1 aliphatic rings. The van der Waals surface area contributed by atoms with E-state index >= 15 is 0 Å². The number of nitrogens with zero attached hydrogens (tertiary/aromatic N) is 2. The number of aromatic nitrogens is 2. The Balaban J connectivity index is 2.34. The lowest BCUT2D eigenvalue weighted by Gasteiger charge is -2.13. The van der Waals surface area contributed by atoms with Gasteiger partial charge in [0.15, 0.2) is 0 Å². The average Bonchev–Trinajstić information content (AvgIpc) is 2.84. The van der Waals surface area contributed by atoms with Gasteiger partial charge in [0.2, 0.25) is 0 Å². The highest BCUT2D eigenvalue weighted by Crippen LogP contribution is 2.29. The number of aliphatic hydroxyl groups is 1. The van der Waals surface area contributed by atoms with Gasteiger partial charge < -0.3 is 5.11 Å². The van der Waals surface area contributed by atoms with Crippen LogP contribution in [-0.4, -0.2) is 27.0 Å². The Labute approximate surface area is 111 Å². The van der Waals surface area contributed by atoms with Gasteiger partial charge in [0.1, 0.15) is 5.03 Å². The van der Waals surface area contributed by atoms with Crippen LogP contribution in [0.15, 0.2) is 9.82 Å². The second kappa shape index (κ2) is 6.38. The van der Waals surface area contributed by atoms with Crippen molar-refractivity contribution in [1.29, 1.82) is 0 Å². The minimum Gasteiger partial charge on any atom is -0.396 e. The molecule has 2 rings (SSSR count). The summed E-state index contributed by atoms with van der Waals surface area (Å²) in [5, 5.41) is 9.84. The highest BCUT2D eigenvalue weighted by Gasteiger charge is 2.21. The fraction of sp³-hybridized carbons (Fsp3) is 0.692. The molecule has 1 N–H and O–H groups in total. The highest BCUT2D eigenvalue weighted by atomic mass is 32.2. The standard InChI is InChI=1S/C13H20N2O2S/c1-2-9-18-12-10-5-3-6-11(10)15(7-4-8-16)13(17)14-12/h16H,2-9H2,1H3. The summed E-state index contributed by atoms with van der Waals surface area (Å²) in [6.07, 6.45) is 4.83. The summed E-state index contributed by atoms with van der Waals surface area (Å²) in [5.74, 6) is 1.01. The maximum Gasteiger partial charge on any atom is 0.348 e. The number of rotatable bonds is 6. The van der Waals surface area contributed by atoms with E-state index < -0.39 is 0 Å². The van der Waals surface area contributed by atoms with E-state index in [0.717, 1.165) is 42.2 Å². The first-order valence-corrected chi connectivity index (χ1v) is 7.62. The van der Waals surface area contributed by atoms with E-state index in [9.17, 15) is 4.79 Å². The Morgan fingerprint density at radius 1 is 1.44 bits per heavy atom. The number of aliphatic hydroxyl groups excluding tert-OH is 1. The maximum atomic E-state index is 12.0. The van der Waals surface area contributed by atoms with Crippen LogP contribution in [-0.2, 0) is 19.4 Å². The van der Waals surface area contributed by atoms with E-state index in [-0.39, 0.29) is 12.3 Å². The topological polar surface area (TPSA) is 55.1 Å². The predicted molar refractivity (Wildman–Crippen MR) is 73.2 cm³/mol. The van der Waals surface area contributed by atoms with Crippen molar-refractivity contribution >= 4 is 11.8 Å². The molecule has 4 nitrogen and oxygen atoms in total. The van der Waals surface area contributed by atoms with Gasteiger partial charge in [-0.05, 0) is 37.9 Å². The minimum atomic E-state index is -0.150. The molecule has 0 radical (unpaired) electrons. The predicted octanol–water partition coefficient (Wildman–Crippen LogP) is 1.62. The molecule has 1 aromatic heterocycles. The maximum absolute atomic E-state index is 12.0. The van der Waals surface area contributed by atoms with Crippen LogP contribution >= 0.6 is 11.8 Å². The number of fused-ring (bicyclic) bond motifs is 1. The molecule has 18 heavy (non-hydrogen) atoms. The van der Waals surface area contributed by atoms with Crippen molar-refractivity contribution in [3.8, 4) is 0 Å². The van der Waals surface area contributed by atoms with Gasteiger partial charge in [0.05, 0.1) is 0 Å². The molecule has 0 atom stereocenters. The molecular weight excluding hydrogens is 248 g/mol. The van der Waals surface area contributed by atoms with Crippen LogP contribution in [0.2, 0.25) is 0 Å². The third kappa shape index (κ3) is 2.78. The molecule has 0 spiro atoms. The number of hydrogen-bond donors (Lipinski definition) is 1. The van der Waals surface area contributed by atoms with Gasteiger partial charge in [-0.2, -0.15) is 4.98 Å². The van der Waals surface area contributed by atoms with Gasteiger partial charge >= 0.3 is 5.69 Å². The lowest BCUT2D eigenvalue weighted by atomic mass is 10.2. The van der Waals surface area contributed by atoms with E-state index in [1.165, 1.54) is 5.56 Å². The van der Waals surface area contributed by atoms with Crippen LogP contribution in [0.5, 0.6) is 0 Å². The molecule has 0 bridgehead atoms. The lowest BCUT2D eigenvalue weighted by molar-refractivity contribution is 0.277. The Kier molecular flexibility index (Phi) is 4.83. The average molecular weight is 268 g/mol. The molecule has 1 heterocycles. The van der Waals surface area contributed by atoms with E-state index in [2.05, 4.69) is 11.9 Å². The highest BCUT2D eigenvalue weighted by molar-refractivity contribution is 7.99. The summed E-state index contributed by atoms with van der Waals surface area (Å²) < 4.78 is 1.76. The van der Waals surface area contributed by atoms with Crippen molar-refractivity contribution in [2.24, 2.45) is 0 Å². The van der Waals surface area contributed by atoms with Crippen LogP contribution in [0.4, 0.5) is 0 Å². The van der Waals surface area contributed by atoms with Crippen LogP contribution in [0.3, 0.4) is 0 Å². The number of hydrogen-bond acceptors (Lipinski definition) is 4. The fourth-order valence-corrected chi connectivity index (χ4v) is 3.30. The van der Waals surface area contributed by atoms with Crippen molar-refractivity contribution in [3.63, 3.8) is 0 Å². The zero-order valence-electron chi connectivity index (χ0n) is 10.8. The Hall–Kier alpha value is -0.810. The SMILES string of the molecule is CCCSc1nc(=O)n(CCCO)c2c1CCC2. The van der Waals surface area contributed by atoms with Crippen molar-refractivity contribution in [2.45, 2.75) is 50.6 Å². The summed E-state index contributed by atoms with van der Waals surface area (Å²) in [5.41, 5.74) is 2.27. The Morgan fingerprint density at radius 2 is 2.28 bits per heavy atom. The van der Waals surface area contributed by atoms with Gasteiger partial charge in [0, 0.05) is 24.4 Å². The summed E-state index contributed by atoms with van der Waals surface area (Å²) in [4.78, 5) is 16.2. The van der Waals surface area contributed by atoms with E-state index in [1.807, 2.05) is 0 Å². The molecule has 0 fully saturated rings. The van der Waals surface area contributed by atoms with Crippen molar-refractivity contribution < 1.29 is 5.11 Å². The van der Waals surface area contributed by atoms with Gasteiger partial charge in [-0.3, -0.25) is 4.57 Å². The van der Waals surface area contributed by atoms with E-state index in [4.69, 9.17) is 5.11 Å². The first-order chi connectivity index (χ1) is 8.77. The van der Waals surface area contributed by atoms with Crippen molar-refractivity contribution in [3.05, 3.63) is 21.7 Å². The van der Waals surface area contributed by atoms with Crippen molar-refractivity contribution in [1.82, 2.24) is 9.55 Å².